The topological polar surface area (TPSA) is 38.0 Å². The second-order valence-corrected chi connectivity index (χ2v) is 9.05. The molecule has 132 valence electrons. The first-order chi connectivity index (χ1) is 10.9. The Kier molecular flexibility index (Phi) is 4.85. The molecule has 0 saturated heterocycles. The van der Waals surface area contributed by atoms with E-state index in [0.29, 0.717) is 18.2 Å². The van der Waals surface area contributed by atoms with Crippen molar-refractivity contribution in [2.75, 3.05) is 0 Å². The monoisotopic (exact) mass is 328 g/mol. The smallest absolute Gasteiger partial charge is 0.122 e. The highest BCUT2D eigenvalue weighted by Crippen LogP contribution is 2.38. The van der Waals surface area contributed by atoms with Gasteiger partial charge >= 0.3 is 0 Å². The van der Waals surface area contributed by atoms with Crippen LogP contribution < -0.4 is 0 Å². The zero-order valence-corrected chi connectivity index (χ0v) is 16.4. The van der Waals surface area contributed by atoms with Crippen LogP contribution >= 0.6 is 0 Å². The number of phenols is 1. The number of benzene rings is 1. The number of aromatic nitrogens is 2. The standard InChI is InChI=1S/C21H32N2O/c1-14(2)23-10-9-22-18(23)12-15-11-16(20(3,4)5)13-17(19(15)24)21(6,7)8/h9-11,13-14,24H,12H2,1-8H3. The van der Waals surface area contributed by atoms with Crippen molar-refractivity contribution in [3.63, 3.8) is 0 Å². The second-order valence-electron chi connectivity index (χ2n) is 9.05. The minimum atomic E-state index is -0.104. The van der Waals surface area contributed by atoms with E-state index in [-0.39, 0.29) is 10.8 Å². The molecule has 0 aliphatic rings. The average Bonchev–Trinajstić information content (AvgIpc) is 2.86. The number of phenolic OH excluding ortho intramolecular Hbond substituents is 1. The molecule has 3 nitrogen and oxygen atoms in total. The average molecular weight is 329 g/mol. The number of nitrogens with zero attached hydrogens (tertiary/aromatic N) is 2. The third kappa shape index (κ3) is 3.82. The van der Waals surface area contributed by atoms with Gasteiger partial charge in [0.15, 0.2) is 0 Å². The number of rotatable bonds is 3. The maximum absolute atomic E-state index is 10.9. The van der Waals surface area contributed by atoms with Crippen molar-refractivity contribution < 1.29 is 5.11 Å². The van der Waals surface area contributed by atoms with Crippen molar-refractivity contribution in [3.8, 4) is 5.75 Å². The van der Waals surface area contributed by atoms with E-state index in [1.165, 1.54) is 5.56 Å². The van der Waals surface area contributed by atoms with Gasteiger partial charge in [-0.25, -0.2) is 4.98 Å². The van der Waals surface area contributed by atoms with Gasteiger partial charge in [-0.3, -0.25) is 0 Å². The third-order valence-electron chi connectivity index (χ3n) is 4.52. The summed E-state index contributed by atoms with van der Waals surface area (Å²) in [6.07, 6.45) is 4.49. The molecule has 1 aromatic heterocycles. The van der Waals surface area contributed by atoms with Crippen LogP contribution in [0.15, 0.2) is 24.5 Å². The second kappa shape index (κ2) is 6.27. The van der Waals surface area contributed by atoms with Gasteiger partial charge in [0.05, 0.1) is 0 Å². The molecule has 1 heterocycles. The molecule has 2 rings (SSSR count). The number of hydrogen-bond acceptors (Lipinski definition) is 2. The summed E-state index contributed by atoms with van der Waals surface area (Å²) >= 11 is 0. The van der Waals surface area contributed by atoms with Gasteiger partial charge in [0.2, 0.25) is 0 Å². The number of aromatic hydroxyl groups is 1. The van der Waals surface area contributed by atoms with Crippen molar-refractivity contribution in [2.24, 2.45) is 0 Å². The van der Waals surface area contributed by atoms with Gasteiger partial charge in [0.25, 0.3) is 0 Å². The molecule has 0 atom stereocenters. The fourth-order valence-electron chi connectivity index (χ4n) is 2.96. The van der Waals surface area contributed by atoms with Gasteiger partial charge in [0, 0.05) is 30.4 Å². The van der Waals surface area contributed by atoms with Crippen LogP contribution in [0.25, 0.3) is 0 Å². The minimum absolute atomic E-state index is 0.0376. The molecule has 1 aromatic carbocycles. The first-order valence-corrected chi connectivity index (χ1v) is 8.80. The van der Waals surface area contributed by atoms with Crippen LogP contribution in [-0.4, -0.2) is 14.7 Å². The Hall–Kier alpha value is -1.77. The Bertz CT molecular complexity index is 712. The predicted molar refractivity (Wildman–Crippen MR) is 101 cm³/mol. The molecular formula is C21H32N2O. The van der Waals surface area contributed by atoms with Crippen LogP contribution in [0.4, 0.5) is 0 Å². The molecule has 0 amide bonds. The van der Waals surface area contributed by atoms with E-state index in [1.807, 2.05) is 12.4 Å². The molecule has 2 aromatic rings. The molecule has 0 bridgehead atoms. The van der Waals surface area contributed by atoms with Gasteiger partial charge in [-0.15, -0.1) is 0 Å². The van der Waals surface area contributed by atoms with Crippen LogP contribution in [-0.2, 0) is 17.3 Å². The highest BCUT2D eigenvalue weighted by Gasteiger charge is 2.25. The van der Waals surface area contributed by atoms with Crippen molar-refractivity contribution in [3.05, 3.63) is 47.0 Å². The van der Waals surface area contributed by atoms with Crippen LogP contribution in [0.2, 0.25) is 0 Å². The first-order valence-electron chi connectivity index (χ1n) is 8.80. The van der Waals surface area contributed by atoms with E-state index in [1.54, 1.807) is 0 Å². The van der Waals surface area contributed by atoms with Crippen molar-refractivity contribution in [2.45, 2.75) is 78.7 Å². The van der Waals surface area contributed by atoms with Gasteiger partial charge in [-0.1, -0.05) is 53.7 Å². The molecule has 0 aliphatic carbocycles. The highest BCUT2D eigenvalue weighted by atomic mass is 16.3. The Morgan fingerprint density at radius 1 is 1.04 bits per heavy atom. The summed E-state index contributed by atoms with van der Waals surface area (Å²) < 4.78 is 2.17. The van der Waals surface area contributed by atoms with E-state index >= 15 is 0 Å². The van der Waals surface area contributed by atoms with Crippen molar-refractivity contribution >= 4 is 0 Å². The summed E-state index contributed by atoms with van der Waals surface area (Å²) in [5, 5.41) is 10.9. The molecule has 0 spiro atoms. The van der Waals surface area contributed by atoms with E-state index in [4.69, 9.17) is 0 Å². The van der Waals surface area contributed by atoms with Crippen LogP contribution in [0.5, 0.6) is 5.75 Å². The predicted octanol–water partition coefficient (Wildman–Crippen LogP) is 5.36. The van der Waals surface area contributed by atoms with Crippen LogP contribution in [0, 0.1) is 0 Å². The van der Waals surface area contributed by atoms with E-state index in [2.05, 4.69) is 77.1 Å². The van der Waals surface area contributed by atoms with Crippen molar-refractivity contribution in [1.29, 1.82) is 0 Å². The van der Waals surface area contributed by atoms with Gasteiger partial charge < -0.3 is 9.67 Å². The fourth-order valence-corrected chi connectivity index (χ4v) is 2.96. The highest BCUT2D eigenvalue weighted by molar-refractivity contribution is 5.49. The normalized spacial score (nSPS) is 12.9. The molecule has 24 heavy (non-hydrogen) atoms. The molecule has 0 unspecified atom stereocenters. The van der Waals surface area contributed by atoms with E-state index in [0.717, 1.165) is 17.0 Å². The lowest BCUT2D eigenvalue weighted by Crippen LogP contribution is -2.18. The summed E-state index contributed by atoms with van der Waals surface area (Å²) in [5.41, 5.74) is 3.15. The summed E-state index contributed by atoms with van der Waals surface area (Å²) in [6, 6.07) is 4.66. The minimum Gasteiger partial charge on any atom is -0.507 e. The maximum atomic E-state index is 10.9. The Morgan fingerprint density at radius 2 is 1.67 bits per heavy atom. The molecule has 0 aliphatic heterocycles. The number of imidazole rings is 1. The summed E-state index contributed by atoms with van der Waals surface area (Å²) in [4.78, 5) is 4.51. The molecule has 0 fully saturated rings. The molecule has 3 heteroatoms. The van der Waals surface area contributed by atoms with Crippen LogP contribution in [0.3, 0.4) is 0 Å². The molecule has 1 N–H and O–H groups in total. The van der Waals surface area contributed by atoms with Gasteiger partial charge in [-0.05, 0) is 35.8 Å². The summed E-state index contributed by atoms with van der Waals surface area (Å²) in [6.45, 7) is 17.4. The largest absolute Gasteiger partial charge is 0.507 e. The zero-order valence-electron chi connectivity index (χ0n) is 16.4. The maximum Gasteiger partial charge on any atom is 0.122 e. The molecular weight excluding hydrogens is 296 g/mol. The Labute approximate surface area is 146 Å². The Morgan fingerprint density at radius 3 is 2.17 bits per heavy atom. The van der Waals surface area contributed by atoms with E-state index < -0.39 is 0 Å². The lowest BCUT2D eigenvalue weighted by atomic mass is 9.78. The summed E-state index contributed by atoms with van der Waals surface area (Å²) in [5.74, 6) is 1.40. The molecule has 0 radical (unpaired) electrons. The number of hydrogen-bond donors (Lipinski definition) is 1. The molecule has 0 saturated carbocycles. The van der Waals surface area contributed by atoms with Gasteiger partial charge in [0.1, 0.15) is 11.6 Å². The third-order valence-corrected chi connectivity index (χ3v) is 4.52. The zero-order chi connectivity index (χ0) is 18.3. The SMILES string of the molecule is CC(C)n1ccnc1Cc1cc(C(C)(C)C)cc(C(C)(C)C)c1O. The lowest BCUT2D eigenvalue weighted by molar-refractivity contribution is 0.438. The fraction of sp³-hybridized carbons (Fsp3) is 0.571. The van der Waals surface area contributed by atoms with Crippen molar-refractivity contribution in [1.82, 2.24) is 9.55 Å². The van der Waals surface area contributed by atoms with Crippen LogP contribution in [0.1, 0.15) is 83.9 Å². The quantitative estimate of drug-likeness (QED) is 0.824. The Balaban J connectivity index is 2.58. The first kappa shape index (κ1) is 18.6. The van der Waals surface area contributed by atoms with Gasteiger partial charge in [-0.2, -0.15) is 0 Å². The lowest BCUT2D eigenvalue weighted by Gasteiger charge is -2.27. The van der Waals surface area contributed by atoms with E-state index in [9.17, 15) is 5.11 Å². The summed E-state index contributed by atoms with van der Waals surface area (Å²) in [7, 11) is 0.